The van der Waals surface area contributed by atoms with Crippen LogP contribution in [0.2, 0.25) is 0 Å². The Labute approximate surface area is 151 Å². The molecule has 2 atom stereocenters. The van der Waals surface area contributed by atoms with Gasteiger partial charge >= 0.3 is 6.09 Å². The van der Waals surface area contributed by atoms with E-state index in [1.165, 1.54) is 0 Å². The van der Waals surface area contributed by atoms with Crippen molar-refractivity contribution in [3.05, 3.63) is 24.4 Å². The molecule has 0 spiro atoms. The molecule has 2 amide bonds. The van der Waals surface area contributed by atoms with Gasteiger partial charge in [0.25, 0.3) is 0 Å². The number of hydrogen-bond acceptors (Lipinski definition) is 5. The van der Waals surface area contributed by atoms with Crippen LogP contribution < -0.4 is 22.1 Å². The number of nitrogens with one attached hydrogen (secondary N) is 2. The Morgan fingerprint density at radius 1 is 1.20 bits per heavy atom. The van der Waals surface area contributed by atoms with Crippen molar-refractivity contribution in [3.63, 3.8) is 0 Å². The van der Waals surface area contributed by atoms with Crippen LogP contribution in [0.15, 0.2) is 24.4 Å². The summed E-state index contributed by atoms with van der Waals surface area (Å²) in [6, 6.07) is -0.597. The van der Waals surface area contributed by atoms with E-state index in [2.05, 4.69) is 10.6 Å². The summed E-state index contributed by atoms with van der Waals surface area (Å²) in [6.45, 7) is 8.63. The van der Waals surface area contributed by atoms with Crippen molar-refractivity contribution in [2.24, 2.45) is 16.9 Å². The number of hydrogen-bond donors (Lipinski definition) is 4. The molecule has 7 nitrogen and oxygen atoms in total. The smallest absolute Gasteiger partial charge is 0.407 e. The molecular formula is C18H34N4O3. The minimum Gasteiger partial charge on any atom is -0.446 e. The first-order chi connectivity index (χ1) is 11.7. The lowest BCUT2D eigenvalue weighted by molar-refractivity contribution is -0.123. The zero-order valence-electron chi connectivity index (χ0n) is 15.9. The number of alkyl carbamates (subject to hydrolysis) is 1. The summed E-state index contributed by atoms with van der Waals surface area (Å²) in [4.78, 5) is 23.7. The van der Waals surface area contributed by atoms with Crippen LogP contribution in [0, 0.1) is 5.41 Å². The first kappa shape index (κ1) is 23.1. The molecular weight excluding hydrogens is 320 g/mol. The summed E-state index contributed by atoms with van der Waals surface area (Å²) in [6.07, 6.45) is 8.15. The Hall–Kier alpha value is -1.86. The Kier molecular flexibility index (Phi) is 11.6. The average Bonchev–Trinajstić information content (AvgIpc) is 2.54. The summed E-state index contributed by atoms with van der Waals surface area (Å²) in [5.41, 5.74) is 11.0. The van der Waals surface area contributed by atoms with E-state index in [1.54, 1.807) is 12.3 Å². The first-order valence-electron chi connectivity index (χ1n) is 8.69. The van der Waals surface area contributed by atoms with Gasteiger partial charge in [-0.3, -0.25) is 4.79 Å². The maximum Gasteiger partial charge on any atom is 0.407 e. The van der Waals surface area contributed by atoms with Crippen molar-refractivity contribution >= 4 is 12.0 Å². The Bertz CT molecular complexity index is 456. The molecule has 0 aliphatic rings. The van der Waals surface area contributed by atoms with Gasteiger partial charge in [-0.1, -0.05) is 39.0 Å². The molecule has 7 heteroatoms. The van der Waals surface area contributed by atoms with Gasteiger partial charge in [0.05, 0.1) is 6.04 Å². The van der Waals surface area contributed by atoms with Crippen molar-refractivity contribution in [3.8, 4) is 0 Å². The van der Waals surface area contributed by atoms with Crippen LogP contribution in [0.3, 0.4) is 0 Å². The second-order valence-corrected chi connectivity index (χ2v) is 6.89. The number of carbonyl (C=O) groups excluding carboxylic acids is 2. The van der Waals surface area contributed by atoms with Crippen LogP contribution in [0.1, 0.15) is 47.0 Å². The van der Waals surface area contributed by atoms with Crippen molar-refractivity contribution in [2.75, 3.05) is 13.1 Å². The molecule has 25 heavy (non-hydrogen) atoms. The molecule has 0 aromatic rings. The van der Waals surface area contributed by atoms with Gasteiger partial charge in [0.2, 0.25) is 5.91 Å². The van der Waals surface area contributed by atoms with Crippen LogP contribution in [-0.4, -0.2) is 37.2 Å². The third-order valence-corrected chi connectivity index (χ3v) is 3.52. The number of carbonyl (C=O) groups is 2. The molecule has 0 heterocycles. The Morgan fingerprint density at radius 3 is 2.40 bits per heavy atom. The van der Waals surface area contributed by atoms with Crippen molar-refractivity contribution in [1.29, 1.82) is 0 Å². The van der Waals surface area contributed by atoms with E-state index in [0.29, 0.717) is 32.4 Å². The molecule has 6 N–H and O–H groups in total. The minimum absolute atomic E-state index is 0.241. The van der Waals surface area contributed by atoms with Crippen LogP contribution in [0.5, 0.6) is 0 Å². The highest BCUT2D eigenvalue weighted by Gasteiger charge is 2.26. The summed E-state index contributed by atoms with van der Waals surface area (Å²) in [5, 5.41) is 5.32. The standard InChI is InChI=1S/C18H34N4O3/c1-5-6-9-14(25-17(24)22-13-8-11-19)10-7-12-21-16(23)15(20)18(2,3)4/h5-7,12,14-15H,8-11,13,19-20H2,1-4H3,(H,21,23)(H,22,24)/b6-5-,12-7-. The zero-order chi connectivity index (χ0) is 19.3. The van der Waals surface area contributed by atoms with Gasteiger partial charge in [0.1, 0.15) is 6.10 Å². The number of nitrogens with two attached hydrogens (primary N) is 2. The van der Waals surface area contributed by atoms with Gasteiger partial charge in [0.15, 0.2) is 0 Å². The third kappa shape index (κ3) is 11.3. The molecule has 0 aromatic heterocycles. The van der Waals surface area contributed by atoms with Gasteiger partial charge in [-0.15, -0.1) is 0 Å². The molecule has 0 aromatic carbocycles. The van der Waals surface area contributed by atoms with E-state index in [9.17, 15) is 9.59 Å². The van der Waals surface area contributed by atoms with E-state index < -0.39 is 12.1 Å². The zero-order valence-corrected chi connectivity index (χ0v) is 15.9. The molecule has 2 unspecified atom stereocenters. The quantitative estimate of drug-likeness (QED) is 0.352. The summed E-state index contributed by atoms with van der Waals surface area (Å²) < 4.78 is 5.38. The van der Waals surface area contributed by atoms with Crippen molar-refractivity contribution in [1.82, 2.24) is 10.6 Å². The van der Waals surface area contributed by atoms with E-state index in [0.717, 1.165) is 0 Å². The molecule has 144 valence electrons. The van der Waals surface area contributed by atoms with Crippen LogP contribution in [0.25, 0.3) is 0 Å². The SMILES string of the molecule is C/C=C\CC(C/C=C\NC(=O)C(N)C(C)(C)C)OC(=O)NCCCN. The second kappa shape index (κ2) is 12.5. The van der Waals surface area contributed by atoms with Gasteiger partial charge in [-0.25, -0.2) is 4.79 Å². The van der Waals surface area contributed by atoms with Crippen molar-refractivity contribution in [2.45, 2.75) is 59.1 Å². The number of ether oxygens (including phenoxy) is 1. The summed E-state index contributed by atoms with van der Waals surface area (Å²) >= 11 is 0. The number of amides is 2. The summed E-state index contributed by atoms with van der Waals surface area (Å²) in [5.74, 6) is -0.241. The monoisotopic (exact) mass is 354 g/mol. The molecule has 0 saturated heterocycles. The maximum absolute atomic E-state index is 11.9. The second-order valence-electron chi connectivity index (χ2n) is 6.89. The molecule has 0 fully saturated rings. The topological polar surface area (TPSA) is 119 Å². The Balaban J connectivity index is 4.42. The molecule has 0 rings (SSSR count). The van der Waals surface area contributed by atoms with E-state index in [-0.39, 0.29) is 17.4 Å². The molecule has 0 saturated carbocycles. The highest BCUT2D eigenvalue weighted by molar-refractivity contribution is 5.83. The fourth-order valence-electron chi connectivity index (χ4n) is 1.81. The lowest BCUT2D eigenvalue weighted by Crippen LogP contribution is -2.47. The lowest BCUT2D eigenvalue weighted by atomic mass is 9.87. The van der Waals surface area contributed by atoms with E-state index in [4.69, 9.17) is 16.2 Å². The maximum atomic E-state index is 11.9. The van der Waals surface area contributed by atoms with Crippen LogP contribution >= 0.6 is 0 Å². The van der Waals surface area contributed by atoms with Crippen LogP contribution in [0.4, 0.5) is 4.79 Å². The normalized spacial score (nSPS) is 14.5. The fraction of sp³-hybridized carbons (Fsp3) is 0.667. The first-order valence-corrected chi connectivity index (χ1v) is 8.69. The average molecular weight is 354 g/mol. The highest BCUT2D eigenvalue weighted by atomic mass is 16.6. The summed E-state index contributed by atoms with van der Waals surface area (Å²) in [7, 11) is 0. The van der Waals surface area contributed by atoms with Gasteiger partial charge in [-0.05, 0) is 31.5 Å². The van der Waals surface area contributed by atoms with Crippen molar-refractivity contribution < 1.29 is 14.3 Å². The highest BCUT2D eigenvalue weighted by Crippen LogP contribution is 2.17. The molecule has 0 bridgehead atoms. The molecule has 0 aliphatic carbocycles. The molecule has 0 radical (unpaired) electrons. The van der Waals surface area contributed by atoms with Gasteiger partial charge < -0.3 is 26.8 Å². The number of allylic oxidation sites excluding steroid dienone is 1. The lowest BCUT2D eigenvalue weighted by Gasteiger charge is -2.25. The predicted octanol–water partition coefficient (Wildman–Crippen LogP) is 1.79. The van der Waals surface area contributed by atoms with E-state index >= 15 is 0 Å². The van der Waals surface area contributed by atoms with E-state index in [1.807, 2.05) is 39.8 Å². The van der Waals surface area contributed by atoms with Gasteiger partial charge in [-0.2, -0.15) is 0 Å². The fourth-order valence-corrected chi connectivity index (χ4v) is 1.81. The Morgan fingerprint density at radius 2 is 1.84 bits per heavy atom. The number of rotatable bonds is 10. The minimum atomic E-state index is -0.597. The van der Waals surface area contributed by atoms with Crippen LogP contribution in [-0.2, 0) is 9.53 Å². The predicted molar refractivity (Wildman–Crippen MR) is 101 cm³/mol. The third-order valence-electron chi connectivity index (χ3n) is 3.52. The largest absolute Gasteiger partial charge is 0.446 e. The van der Waals surface area contributed by atoms with Gasteiger partial charge in [0, 0.05) is 19.4 Å². The molecule has 0 aliphatic heterocycles.